The van der Waals surface area contributed by atoms with Gasteiger partial charge in [-0.05, 0) is 38.8 Å². The lowest BCUT2D eigenvalue weighted by Gasteiger charge is -2.23. The van der Waals surface area contributed by atoms with Gasteiger partial charge in [0.1, 0.15) is 5.82 Å². The molecule has 0 bridgehead atoms. The van der Waals surface area contributed by atoms with Crippen molar-refractivity contribution in [1.82, 2.24) is 19.8 Å². The monoisotopic (exact) mass is 368 g/mol. The van der Waals surface area contributed by atoms with Crippen LogP contribution in [-0.2, 0) is 16.1 Å². The molecule has 1 saturated heterocycles. The molecule has 6 nitrogen and oxygen atoms in total. The van der Waals surface area contributed by atoms with Crippen LogP contribution in [0.1, 0.15) is 57.8 Å². The molecule has 27 heavy (non-hydrogen) atoms. The standard InChI is InChI=1S/C21H28N4O2/c1-14(2)25-18-10-6-5-9-17(18)23-19(25)12-22-21(27)15-11-20(26)24(13-15)16-7-3-4-8-16/h5-6,9-10,14-16H,3-4,7-8,11-13H2,1-2H3,(H,22,27)/t15-/m1/s1. The number of hydrogen-bond acceptors (Lipinski definition) is 3. The van der Waals surface area contributed by atoms with Crippen molar-refractivity contribution in [2.24, 2.45) is 5.92 Å². The van der Waals surface area contributed by atoms with E-state index in [1.54, 1.807) is 0 Å². The van der Waals surface area contributed by atoms with Crippen LogP contribution in [0.5, 0.6) is 0 Å². The van der Waals surface area contributed by atoms with Crippen molar-refractivity contribution in [2.75, 3.05) is 6.54 Å². The highest BCUT2D eigenvalue weighted by molar-refractivity contribution is 5.89. The molecule has 1 atom stereocenters. The van der Waals surface area contributed by atoms with Gasteiger partial charge in [-0.25, -0.2) is 4.98 Å². The third-order valence-corrected chi connectivity index (χ3v) is 5.90. The lowest BCUT2D eigenvalue weighted by atomic mass is 10.1. The van der Waals surface area contributed by atoms with Crippen LogP contribution < -0.4 is 5.32 Å². The van der Waals surface area contributed by atoms with E-state index >= 15 is 0 Å². The van der Waals surface area contributed by atoms with Crippen molar-refractivity contribution < 1.29 is 9.59 Å². The first-order chi connectivity index (χ1) is 13.0. The van der Waals surface area contributed by atoms with Crippen molar-refractivity contribution in [1.29, 1.82) is 0 Å². The number of benzene rings is 1. The topological polar surface area (TPSA) is 67.2 Å². The second kappa shape index (κ2) is 7.33. The number of fused-ring (bicyclic) bond motifs is 1. The van der Waals surface area contributed by atoms with Gasteiger partial charge in [0.15, 0.2) is 0 Å². The van der Waals surface area contributed by atoms with E-state index < -0.39 is 0 Å². The minimum Gasteiger partial charge on any atom is -0.349 e. The second-order valence-corrected chi connectivity index (χ2v) is 8.08. The summed E-state index contributed by atoms with van der Waals surface area (Å²) in [5.74, 6) is 0.717. The van der Waals surface area contributed by atoms with E-state index in [1.807, 2.05) is 23.1 Å². The first-order valence-corrected chi connectivity index (χ1v) is 10.1. The van der Waals surface area contributed by atoms with E-state index in [-0.39, 0.29) is 23.8 Å². The van der Waals surface area contributed by atoms with Gasteiger partial charge in [0.2, 0.25) is 11.8 Å². The van der Waals surface area contributed by atoms with Gasteiger partial charge in [0.25, 0.3) is 0 Å². The average Bonchev–Trinajstić information content (AvgIpc) is 3.36. The van der Waals surface area contributed by atoms with Crippen LogP contribution >= 0.6 is 0 Å². The third kappa shape index (κ3) is 3.45. The molecule has 2 aliphatic rings. The van der Waals surface area contributed by atoms with Crippen molar-refractivity contribution in [3.63, 3.8) is 0 Å². The molecule has 0 spiro atoms. The molecule has 4 rings (SSSR count). The van der Waals surface area contributed by atoms with E-state index in [9.17, 15) is 9.59 Å². The van der Waals surface area contributed by atoms with Crippen LogP contribution in [0.4, 0.5) is 0 Å². The zero-order valence-electron chi connectivity index (χ0n) is 16.1. The smallest absolute Gasteiger partial charge is 0.225 e. The summed E-state index contributed by atoms with van der Waals surface area (Å²) < 4.78 is 2.17. The molecule has 0 radical (unpaired) electrons. The van der Waals surface area contributed by atoms with E-state index in [1.165, 1.54) is 12.8 Å². The number of para-hydroxylation sites is 2. The molecular weight excluding hydrogens is 340 g/mol. The van der Waals surface area contributed by atoms with Crippen LogP contribution in [-0.4, -0.2) is 38.9 Å². The fourth-order valence-corrected chi connectivity index (χ4v) is 4.58. The number of imidazole rings is 1. The minimum absolute atomic E-state index is 0.0359. The van der Waals surface area contributed by atoms with Gasteiger partial charge in [0, 0.05) is 25.0 Å². The third-order valence-electron chi connectivity index (χ3n) is 5.90. The largest absolute Gasteiger partial charge is 0.349 e. The van der Waals surface area contributed by atoms with E-state index in [0.717, 1.165) is 29.7 Å². The van der Waals surface area contributed by atoms with Crippen molar-refractivity contribution >= 4 is 22.8 Å². The molecule has 2 aromatic rings. The summed E-state index contributed by atoms with van der Waals surface area (Å²) in [6.45, 7) is 5.19. The van der Waals surface area contributed by atoms with Crippen LogP contribution in [0, 0.1) is 5.92 Å². The number of hydrogen-bond donors (Lipinski definition) is 1. The van der Waals surface area contributed by atoms with Gasteiger partial charge in [-0.15, -0.1) is 0 Å². The fourth-order valence-electron chi connectivity index (χ4n) is 4.58. The lowest BCUT2D eigenvalue weighted by molar-refractivity contribution is -0.130. The Morgan fingerprint density at radius 3 is 2.74 bits per heavy atom. The highest BCUT2D eigenvalue weighted by atomic mass is 16.2. The van der Waals surface area contributed by atoms with E-state index in [4.69, 9.17) is 4.98 Å². The second-order valence-electron chi connectivity index (χ2n) is 8.08. The molecule has 1 aromatic heterocycles. The average molecular weight is 368 g/mol. The summed E-state index contributed by atoms with van der Waals surface area (Å²) in [5.41, 5.74) is 2.03. The summed E-state index contributed by atoms with van der Waals surface area (Å²) in [7, 11) is 0. The Morgan fingerprint density at radius 2 is 2.00 bits per heavy atom. The first kappa shape index (κ1) is 18.0. The Kier molecular flexibility index (Phi) is 4.89. The number of nitrogens with one attached hydrogen (secondary N) is 1. The Morgan fingerprint density at radius 1 is 1.26 bits per heavy atom. The molecule has 6 heteroatoms. The highest BCUT2D eigenvalue weighted by Gasteiger charge is 2.38. The molecule has 1 aromatic carbocycles. The van der Waals surface area contributed by atoms with E-state index in [0.29, 0.717) is 25.6 Å². The molecule has 2 heterocycles. The Balaban J connectivity index is 1.43. The summed E-state index contributed by atoms with van der Waals surface area (Å²) in [6.07, 6.45) is 4.88. The summed E-state index contributed by atoms with van der Waals surface area (Å²) >= 11 is 0. The maximum atomic E-state index is 12.7. The van der Waals surface area contributed by atoms with Crippen LogP contribution in [0.3, 0.4) is 0 Å². The van der Waals surface area contributed by atoms with Gasteiger partial charge in [-0.2, -0.15) is 0 Å². The van der Waals surface area contributed by atoms with Crippen molar-refractivity contribution in [2.45, 2.75) is 64.6 Å². The molecule has 1 aliphatic carbocycles. The maximum Gasteiger partial charge on any atom is 0.225 e. The molecule has 0 unspecified atom stereocenters. The SMILES string of the molecule is CC(C)n1c(CNC(=O)[C@@H]2CC(=O)N(C3CCCC3)C2)nc2ccccc21. The summed E-state index contributed by atoms with van der Waals surface area (Å²) in [4.78, 5) is 31.7. The highest BCUT2D eigenvalue weighted by Crippen LogP contribution is 2.29. The molecule has 1 aliphatic heterocycles. The fraction of sp³-hybridized carbons (Fsp3) is 0.571. The Labute approximate surface area is 159 Å². The van der Waals surface area contributed by atoms with Crippen LogP contribution in [0.25, 0.3) is 11.0 Å². The molecule has 2 amide bonds. The quantitative estimate of drug-likeness (QED) is 0.882. The van der Waals surface area contributed by atoms with E-state index in [2.05, 4.69) is 29.8 Å². The van der Waals surface area contributed by atoms with Gasteiger partial charge in [-0.1, -0.05) is 25.0 Å². The molecular formula is C21H28N4O2. The number of rotatable bonds is 5. The van der Waals surface area contributed by atoms with Crippen LogP contribution in [0.2, 0.25) is 0 Å². The number of carbonyl (C=O) groups excluding carboxylic acids is 2. The summed E-state index contributed by atoms with van der Waals surface area (Å²) in [5, 5.41) is 3.03. The minimum atomic E-state index is -0.241. The van der Waals surface area contributed by atoms with Crippen molar-refractivity contribution in [3.8, 4) is 0 Å². The van der Waals surface area contributed by atoms with Gasteiger partial charge in [0.05, 0.1) is 23.5 Å². The lowest BCUT2D eigenvalue weighted by Crippen LogP contribution is -2.37. The Bertz CT molecular complexity index is 851. The number of nitrogens with zero attached hydrogens (tertiary/aromatic N) is 3. The number of carbonyl (C=O) groups is 2. The Hall–Kier alpha value is -2.37. The van der Waals surface area contributed by atoms with Gasteiger partial charge in [-0.3, -0.25) is 9.59 Å². The normalized spacial score (nSPS) is 20.9. The van der Waals surface area contributed by atoms with Gasteiger partial charge < -0.3 is 14.8 Å². The molecule has 2 fully saturated rings. The predicted molar refractivity (Wildman–Crippen MR) is 104 cm³/mol. The molecule has 1 N–H and O–H groups in total. The predicted octanol–water partition coefficient (Wildman–Crippen LogP) is 3.02. The molecule has 1 saturated carbocycles. The zero-order chi connectivity index (χ0) is 19.0. The van der Waals surface area contributed by atoms with Crippen LogP contribution in [0.15, 0.2) is 24.3 Å². The molecule has 144 valence electrons. The summed E-state index contributed by atoms with van der Waals surface area (Å²) in [6, 6.07) is 8.64. The number of aromatic nitrogens is 2. The first-order valence-electron chi connectivity index (χ1n) is 10.1. The maximum absolute atomic E-state index is 12.7. The zero-order valence-corrected chi connectivity index (χ0v) is 16.1. The number of amides is 2. The number of likely N-dealkylation sites (tertiary alicyclic amines) is 1. The van der Waals surface area contributed by atoms with Crippen molar-refractivity contribution in [3.05, 3.63) is 30.1 Å². The van der Waals surface area contributed by atoms with Gasteiger partial charge >= 0.3 is 0 Å².